The Morgan fingerprint density at radius 3 is 2.43 bits per heavy atom. The Labute approximate surface area is 122 Å². The summed E-state index contributed by atoms with van der Waals surface area (Å²) in [5.41, 5.74) is 0.615. The molecule has 0 spiro atoms. The number of rotatable bonds is 4. The van der Waals surface area contributed by atoms with E-state index < -0.39 is 15.7 Å². The zero-order valence-electron chi connectivity index (χ0n) is 11.2. The third-order valence-electron chi connectivity index (χ3n) is 2.82. The van der Waals surface area contributed by atoms with Crippen molar-refractivity contribution in [1.82, 2.24) is 0 Å². The first kappa shape index (κ1) is 15.0. The van der Waals surface area contributed by atoms with Crippen molar-refractivity contribution in [1.29, 1.82) is 5.26 Å². The molecule has 0 aromatic heterocycles. The van der Waals surface area contributed by atoms with E-state index in [2.05, 4.69) is 0 Å². The zero-order valence-corrected chi connectivity index (χ0v) is 12.0. The summed E-state index contributed by atoms with van der Waals surface area (Å²) in [5, 5.41) is 8.77. The van der Waals surface area contributed by atoms with Gasteiger partial charge in [-0.25, -0.2) is 12.8 Å². The number of nitrogens with zero attached hydrogens (tertiary/aromatic N) is 1. The Hall–Kier alpha value is -2.39. The van der Waals surface area contributed by atoms with E-state index in [0.717, 1.165) is 6.26 Å². The maximum absolute atomic E-state index is 13.6. The van der Waals surface area contributed by atoms with Crippen molar-refractivity contribution in [3.63, 3.8) is 0 Å². The topological polar surface area (TPSA) is 67.2 Å². The molecule has 0 saturated heterocycles. The molecule has 0 bridgehead atoms. The van der Waals surface area contributed by atoms with Gasteiger partial charge < -0.3 is 4.74 Å². The predicted octanol–water partition coefficient (Wildman–Crippen LogP) is 2.68. The van der Waals surface area contributed by atoms with Crippen LogP contribution in [0.5, 0.6) is 5.75 Å². The van der Waals surface area contributed by atoms with Crippen LogP contribution in [0.25, 0.3) is 0 Å². The van der Waals surface area contributed by atoms with Crippen LogP contribution in [-0.4, -0.2) is 14.7 Å². The van der Waals surface area contributed by atoms with Gasteiger partial charge in [-0.3, -0.25) is 0 Å². The van der Waals surface area contributed by atoms with E-state index in [0.29, 0.717) is 11.3 Å². The van der Waals surface area contributed by atoms with Gasteiger partial charge in [0.25, 0.3) is 0 Å². The van der Waals surface area contributed by atoms with Crippen LogP contribution in [0.3, 0.4) is 0 Å². The highest BCUT2D eigenvalue weighted by Gasteiger charge is 2.08. The van der Waals surface area contributed by atoms with E-state index in [1.807, 2.05) is 6.07 Å². The molecular weight excluding hydrogens is 293 g/mol. The lowest BCUT2D eigenvalue weighted by Gasteiger charge is -2.08. The van der Waals surface area contributed by atoms with Gasteiger partial charge in [0.1, 0.15) is 18.2 Å². The summed E-state index contributed by atoms with van der Waals surface area (Å²) in [5.74, 6) is -0.0362. The van der Waals surface area contributed by atoms with Gasteiger partial charge in [-0.05, 0) is 42.5 Å². The molecule has 0 aliphatic heterocycles. The number of ether oxygens (including phenoxy) is 1. The Bertz CT molecular complexity index is 793. The molecule has 2 rings (SSSR count). The van der Waals surface area contributed by atoms with Crippen LogP contribution < -0.4 is 4.74 Å². The number of nitriles is 1. The van der Waals surface area contributed by atoms with Crippen LogP contribution in [0.2, 0.25) is 0 Å². The van der Waals surface area contributed by atoms with Gasteiger partial charge in [0, 0.05) is 11.8 Å². The van der Waals surface area contributed by atoms with Crippen LogP contribution in [-0.2, 0) is 16.4 Å². The van der Waals surface area contributed by atoms with Crippen molar-refractivity contribution in [3.8, 4) is 11.8 Å². The first-order chi connectivity index (χ1) is 9.90. The normalized spacial score (nSPS) is 10.9. The van der Waals surface area contributed by atoms with Crippen LogP contribution in [0.1, 0.15) is 11.1 Å². The molecule has 0 radical (unpaired) electrons. The molecule has 0 atom stereocenters. The van der Waals surface area contributed by atoms with Gasteiger partial charge in [0.05, 0.1) is 16.5 Å². The molecule has 2 aromatic carbocycles. The minimum absolute atomic E-state index is 0.0421. The number of halogens is 1. The van der Waals surface area contributed by atoms with Crippen LogP contribution in [0, 0.1) is 17.1 Å². The highest BCUT2D eigenvalue weighted by atomic mass is 32.2. The fraction of sp³-hybridized carbons (Fsp3) is 0.133. The maximum Gasteiger partial charge on any atom is 0.175 e. The number of hydrogen-bond donors (Lipinski definition) is 0. The summed E-state index contributed by atoms with van der Waals surface area (Å²) in [4.78, 5) is 0.188. The molecule has 0 unspecified atom stereocenters. The smallest absolute Gasteiger partial charge is 0.175 e. The first-order valence-electron chi connectivity index (χ1n) is 6.01. The molecule has 4 nitrogen and oxygen atoms in total. The van der Waals surface area contributed by atoms with Gasteiger partial charge in [-0.2, -0.15) is 5.26 Å². The summed E-state index contributed by atoms with van der Waals surface area (Å²) in [7, 11) is -3.25. The molecule has 21 heavy (non-hydrogen) atoms. The average molecular weight is 305 g/mol. The molecule has 108 valence electrons. The lowest BCUT2D eigenvalue weighted by atomic mass is 10.1. The third-order valence-corrected chi connectivity index (χ3v) is 3.95. The largest absolute Gasteiger partial charge is 0.489 e. The maximum atomic E-state index is 13.6. The van der Waals surface area contributed by atoms with E-state index in [1.165, 1.54) is 42.5 Å². The monoisotopic (exact) mass is 305 g/mol. The molecule has 0 aliphatic carbocycles. The van der Waals surface area contributed by atoms with Gasteiger partial charge in [-0.1, -0.05) is 0 Å². The van der Waals surface area contributed by atoms with Crippen molar-refractivity contribution < 1.29 is 17.5 Å². The third kappa shape index (κ3) is 3.80. The van der Waals surface area contributed by atoms with Gasteiger partial charge in [0.2, 0.25) is 0 Å². The van der Waals surface area contributed by atoms with E-state index in [9.17, 15) is 12.8 Å². The van der Waals surface area contributed by atoms with Gasteiger partial charge in [0.15, 0.2) is 9.84 Å². The highest BCUT2D eigenvalue weighted by molar-refractivity contribution is 7.90. The van der Waals surface area contributed by atoms with E-state index >= 15 is 0 Å². The van der Waals surface area contributed by atoms with Crippen molar-refractivity contribution in [3.05, 3.63) is 59.4 Å². The predicted molar refractivity (Wildman–Crippen MR) is 75.0 cm³/mol. The van der Waals surface area contributed by atoms with Crippen molar-refractivity contribution in [2.75, 3.05) is 6.26 Å². The second-order valence-corrected chi connectivity index (χ2v) is 6.47. The van der Waals surface area contributed by atoms with Gasteiger partial charge >= 0.3 is 0 Å². The summed E-state index contributed by atoms with van der Waals surface area (Å²) in [6.45, 7) is -0.0421. The molecule has 2 aromatic rings. The quantitative estimate of drug-likeness (QED) is 0.871. The number of benzene rings is 2. The van der Waals surface area contributed by atoms with Crippen molar-refractivity contribution in [2.24, 2.45) is 0 Å². The second-order valence-electron chi connectivity index (χ2n) is 4.45. The summed E-state index contributed by atoms with van der Waals surface area (Å²) in [6.07, 6.45) is 1.12. The lowest BCUT2D eigenvalue weighted by Crippen LogP contribution is -2.00. The summed E-state index contributed by atoms with van der Waals surface area (Å²) < 4.78 is 41.6. The second kappa shape index (κ2) is 5.94. The summed E-state index contributed by atoms with van der Waals surface area (Å²) >= 11 is 0. The van der Waals surface area contributed by atoms with Crippen molar-refractivity contribution >= 4 is 9.84 Å². The van der Waals surface area contributed by atoms with E-state index in [4.69, 9.17) is 10.00 Å². The zero-order chi connectivity index (χ0) is 15.5. The fourth-order valence-corrected chi connectivity index (χ4v) is 2.33. The fourth-order valence-electron chi connectivity index (χ4n) is 1.70. The number of sulfone groups is 1. The van der Waals surface area contributed by atoms with Crippen molar-refractivity contribution in [2.45, 2.75) is 11.5 Å². The Morgan fingerprint density at radius 1 is 1.19 bits per heavy atom. The summed E-state index contributed by atoms with van der Waals surface area (Å²) in [6, 6.07) is 11.8. The van der Waals surface area contributed by atoms with Gasteiger partial charge in [-0.15, -0.1) is 0 Å². The lowest BCUT2D eigenvalue weighted by molar-refractivity contribution is 0.299. The SMILES string of the molecule is CS(=O)(=O)c1ccc(OCc2cc(C#N)ccc2F)cc1. The molecule has 0 N–H and O–H groups in total. The van der Waals surface area contributed by atoms with Crippen LogP contribution in [0.4, 0.5) is 4.39 Å². The van der Waals surface area contributed by atoms with E-state index in [-0.39, 0.29) is 17.1 Å². The first-order valence-corrected chi connectivity index (χ1v) is 7.91. The average Bonchev–Trinajstić information content (AvgIpc) is 2.46. The molecule has 0 amide bonds. The standard InChI is InChI=1S/C15H12FNO3S/c1-21(18,19)14-5-3-13(4-6-14)20-10-12-8-11(9-17)2-7-15(12)16/h2-8H,10H2,1H3. The Morgan fingerprint density at radius 2 is 1.86 bits per heavy atom. The van der Waals surface area contributed by atoms with Crippen LogP contribution in [0.15, 0.2) is 47.4 Å². The van der Waals surface area contributed by atoms with E-state index in [1.54, 1.807) is 0 Å². The molecule has 6 heteroatoms. The minimum Gasteiger partial charge on any atom is -0.489 e. The minimum atomic E-state index is -3.25. The molecular formula is C15H12FNO3S. The molecule has 0 saturated carbocycles. The Kier molecular flexibility index (Phi) is 4.24. The van der Waals surface area contributed by atoms with Crippen LogP contribution >= 0.6 is 0 Å². The molecule has 0 heterocycles. The number of hydrogen-bond acceptors (Lipinski definition) is 4. The molecule has 0 aliphatic rings. The highest BCUT2D eigenvalue weighted by Crippen LogP contribution is 2.18. The Balaban J connectivity index is 2.12. The molecule has 0 fully saturated rings.